The number of fused-ring (bicyclic) bond motifs is 1. The van der Waals surface area contributed by atoms with Crippen molar-refractivity contribution in [3.05, 3.63) is 35.2 Å². The molecule has 0 aliphatic carbocycles. The molecule has 1 aromatic carbocycles. The summed E-state index contributed by atoms with van der Waals surface area (Å²) in [6.07, 6.45) is 0. The van der Waals surface area contributed by atoms with Crippen molar-refractivity contribution in [3.8, 4) is 0 Å². The number of ketones is 1. The fourth-order valence-corrected chi connectivity index (χ4v) is 2.96. The van der Waals surface area contributed by atoms with E-state index in [1.807, 2.05) is 24.3 Å². The van der Waals surface area contributed by atoms with E-state index in [0.717, 1.165) is 10.1 Å². The van der Waals surface area contributed by atoms with Gasteiger partial charge in [-0.15, -0.1) is 11.3 Å². The Bertz CT molecular complexity index is 591. The highest BCUT2D eigenvalue weighted by atomic mass is 79.9. The van der Waals surface area contributed by atoms with E-state index in [0.29, 0.717) is 5.56 Å². The zero-order valence-corrected chi connectivity index (χ0v) is 12.1. The molecule has 0 saturated carbocycles. The van der Waals surface area contributed by atoms with Gasteiger partial charge >= 0.3 is 5.97 Å². The molecule has 0 saturated heterocycles. The van der Waals surface area contributed by atoms with Gasteiger partial charge in [0.25, 0.3) is 0 Å². The summed E-state index contributed by atoms with van der Waals surface area (Å²) in [7, 11) is 0. The Labute approximate surface area is 117 Å². The summed E-state index contributed by atoms with van der Waals surface area (Å²) in [6, 6.07) is 7.62. The smallest absolute Gasteiger partial charge is 0.327 e. The van der Waals surface area contributed by atoms with E-state index in [9.17, 15) is 9.59 Å². The Kier molecular flexibility index (Phi) is 4.14. The molecule has 2 aromatic rings. The number of benzene rings is 1. The Morgan fingerprint density at radius 2 is 2.11 bits per heavy atom. The third kappa shape index (κ3) is 2.47. The molecule has 0 fully saturated rings. The quantitative estimate of drug-likeness (QED) is 0.374. The summed E-state index contributed by atoms with van der Waals surface area (Å²) in [5.41, 5.74) is 0.561. The molecule has 2 rings (SSSR count). The second-order valence-corrected chi connectivity index (χ2v) is 5.45. The topological polar surface area (TPSA) is 43.4 Å². The highest BCUT2D eigenvalue weighted by Gasteiger charge is 2.27. The molecule has 94 valence electrons. The molecule has 0 aliphatic rings. The minimum absolute atomic E-state index is 0.258. The van der Waals surface area contributed by atoms with Gasteiger partial charge in [0.2, 0.25) is 0 Å². The van der Waals surface area contributed by atoms with Gasteiger partial charge in [-0.1, -0.05) is 34.1 Å². The fraction of sp³-hybridized carbons (Fsp3) is 0.231. The van der Waals surface area contributed by atoms with Crippen LogP contribution in [0.2, 0.25) is 0 Å². The molecule has 0 radical (unpaired) electrons. The number of esters is 1. The van der Waals surface area contributed by atoms with Gasteiger partial charge in [0, 0.05) is 21.0 Å². The molecule has 0 amide bonds. The predicted octanol–water partition coefficient (Wildman–Crippen LogP) is 3.41. The minimum Gasteiger partial charge on any atom is -0.465 e. The highest BCUT2D eigenvalue weighted by molar-refractivity contribution is 9.10. The van der Waals surface area contributed by atoms with Gasteiger partial charge in [0.1, 0.15) is 0 Å². The SMILES string of the molecule is CCOC(=O)C(Br)C(=O)c1csc2ccccc12. The minimum atomic E-state index is -0.935. The Balaban J connectivity index is 2.31. The third-order valence-electron chi connectivity index (χ3n) is 2.47. The summed E-state index contributed by atoms with van der Waals surface area (Å²) < 4.78 is 5.86. The molecular weight excluding hydrogens is 316 g/mol. The van der Waals surface area contributed by atoms with Crippen LogP contribution in [-0.4, -0.2) is 23.2 Å². The van der Waals surface area contributed by atoms with Crippen molar-refractivity contribution in [1.82, 2.24) is 0 Å². The van der Waals surface area contributed by atoms with Crippen molar-refractivity contribution in [2.24, 2.45) is 0 Å². The van der Waals surface area contributed by atoms with Crippen LogP contribution in [0.15, 0.2) is 29.6 Å². The summed E-state index contributed by atoms with van der Waals surface area (Å²) in [6.45, 7) is 1.97. The van der Waals surface area contributed by atoms with E-state index in [2.05, 4.69) is 15.9 Å². The van der Waals surface area contributed by atoms with Crippen LogP contribution in [0.1, 0.15) is 17.3 Å². The Morgan fingerprint density at radius 3 is 2.83 bits per heavy atom. The number of Topliss-reactive ketones (excluding diaryl/α,β-unsaturated/α-hetero) is 1. The van der Waals surface area contributed by atoms with Gasteiger partial charge in [-0.2, -0.15) is 0 Å². The van der Waals surface area contributed by atoms with E-state index in [4.69, 9.17) is 4.74 Å². The first kappa shape index (κ1) is 13.2. The second-order valence-electron chi connectivity index (χ2n) is 3.62. The molecule has 0 bridgehead atoms. The van der Waals surface area contributed by atoms with Gasteiger partial charge in [0.15, 0.2) is 10.6 Å². The second kappa shape index (κ2) is 5.63. The largest absolute Gasteiger partial charge is 0.465 e. The molecule has 1 unspecified atom stereocenters. The van der Waals surface area contributed by atoms with Crippen LogP contribution in [0.4, 0.5) is 0 Å². The number of halogens is 1. The van der Waals surface area contributed by atoms with Crippen LogP contribution < -0.4 is 0 Å². The normalized spacial score (nSPS) is 12.3. The van der Waals surface area contributed by atoms with Gasteiger partial charge in [-0.05, 0) is 13.0 Å². The number of carbonyl (C=O) groups excluding carboxylic acids is 2. The fourth-order valence-electron chi connectivity index (χ4n) is 1.63. The third-order valence-corrected chi connectivity index (χ3v) is 4.22. The lowest BCUT2D eigenvalue weighted by Crippen LogP contribution is -2.26. The average molecular weight is 327 g/mol. The summed E-state index contributed by atoms with van der Waals surface area (Å²) >= 11 is 4.59. The Morgan fingerprint density at radius 1 is 1.39 bits per heavy atom. The van der Waals surface area contributed by atoms with Gasteiger partial charge in [0.05, 0.1) is 6.61 Å². The predicted molar refractivity (Wildman–Crippen MR) is 75.5 cm³/mol. The first-order valence-electron chi connectivity index (χ1n) is 5.46. The standard InChI is InChI=1S/C13H11BrO3S/c1-2-17-13(16)11(14)12(15)9-7-18-10-6-4-3-5-8(9)10/h3-7,11H,2H2,1H3. The van der Waals surface area contributed by atoms with Crippen molar-refractivity contribution >= 4 is 49.1 Å². The van der Waals surface area contributed by atoms with Gasteiger partial charge < -0.3 is 4.74 Å². The van der Waals surface area contributed by atoms with Crippen LogP contribution in [-0.2, 0) is 9.53 Å². The molecule has 1 aromatic heterocycles. The summed E-state index contributed by atoms with van der Waals surface area (Å²) in [5.74, 6) is -0.802. The zero-order chi connectivity index (χ0) is 13.1. The van der Waals surface area contributed by atoms with E-state index in [1.54, 1.807) is 12.3 Å². The number of ether oxygens (including phenoxy) is 1. The van der Waals surface area contributed by atoms with Crippen molar-refractivity contribution in [1.29, 1.82) is 0 Å². The maximum absolute atomic E-state index is 12.2. The van der Waals surface area contributed by atoms with Crippen molar-refractivity contribution < 1.29 is 14.3 Å². The number of rotatable bonds is 4. The molecule has 5 heteroatoms. The molecule has 1 atom stereocenters. The van der Waals surface area contributed by atoms with Gasteiger partial charge in [-0.25, -0.2) is 0 Å². The Hall–Kier alpha value is -1.20. The van der Waals surface area contributed by atoms with E-state index < -0.39 is 10.8 Å². The lowest BCUT2D eigenvalue weighted by atomic mass is 10.1. The molecular formula is C13H11BrO3S. The number of hydrogen-bond donors (Lipinski definition) is 0. The first-order valence-corrected chi connectivity index (χ1v) is 7.25. The molecule has 18 heavy (non-hydrogen) atoms. The van der Waals surface area contributed by atoms with E-state index in [-0.39, 0.29) is 12.4 Å². The summed E-state index contributed by atoms with van der Waals surface area (Å²) in [5, 5.41) is 2.65. The van der Waals surface area contributed by atoms with Crippen LogP contribution in [0.25, 0.3) is 10.1 Å². The lowest BCUT2D eigenvalue weighted by molar-refractivity contribution is -0.141. The lowest BCUT2D eigenvalue weighted by Gasteiger charge is -2.07. The molecule has 0 aliphatic heterocycles. The number of alkyl halides is 1. The number of carbonyl (C=O) groups is 2. The maximum atomic E-state index is 12.2. The van der Waals surface area contributed by atoms with E-state index >= 15 is 0 Å². The zero-order valence-electron chi connectivity index (χ0n) is 9.68. The average Bonchev–Trinajstić information content (AvgIpc) is 2.81. The number of thiophene rings is 1. The van der Waals surface area contributed by atoms with Crippen molar-refractivity contribution in [2.45, 2.75) is 11.8 Å². The van der Waals surface area contributed by atoms with Crippen molar-refractivity contribution in [2.75, 3.05) is 6.61 Å². The molecule has 1 heterocycles. The van der Waals surface area contributed by atoms with Crippen LogP contribution in [0.3, 0.4) is 0 Å². The summed E-state index contributed by atoms with van der Waals surface area (Å²) in [4.78, 5) is 22.8. The first-order chi connectivity index (χ1) is 8.65. The van der Waals surface area contributed by atoms with E-state index in [1.165, 1.54) is 11.3 Å². The number of hydrogen-bond acceptors (Lipinski definition) is 4. The molecule has 0 spiro atoms. The monoisotopic (exact) mass is 326 g/mol. The van der Waals surface area contributed by atoms with Gasteiger partial charge in [-0.3, -0.25) is 9.59 Å². The van der Waals surface area contributed by atoms with Crippen LogP contribution >= 0.6 is 27.3 Å². The maximum Gasteiger partial charge on any atom is 0.327 e. The van der Waals surface area contributed by atoms with Crippen LogP contribution in [0, 0.1) is 0 Å². The highest BCUT2D eigenvalue weighted by Crippen LogP contribution is 2.27. The van der Waals surface area contributed by atoms with Crippen LogP contribution in [0.5, 0.6) is 0 Å². The molecule has 0 N–H and O–H groups in total. The van der Waals surface area contributed by atoms with Crippen molar-refractivity contribution in [3.63, 3.8) is 0 Å². The molecule has 3 nitrogen and oxygen atoms in total.